The SMILES string of the molecule is COc1cc(Cl)c(C)cc1NCc1nnc2n1CCCC2. The summed E-state index contributed by atoms with van der Waals surface area (Å²) in [6.07, 6.45) is 3.42. The number of fused-ring (bicyclic) bond motifs is 1. The number of rotatable bonds is 4. The predicted molar refractivity (Wildman–Crippen MR) is 83.0 cm³/mol. The monoisotopic (exact) mass is 306 g/mol. The number of methoxy groups -OCH3 is 1. The Morgan fingerprint density at radius 1 is 1.33 bits per heavy atom. The molecule has 1 N–H and O–H groups in total. The number of nitrogens with zero attached hydrogens (tertiary/aromatic N) is 3. The first kappa shape index (κ1) is 14.2. The molecule has 5 nitrogen and oxygen atoms in total. The Bertz CT molecular complexity index is 653. The van der Waals surface area contributed by atoms with Crippen molar-refractivity contribution in [3.8, 4) is 5.75 Å². The van der Waals surface area contributed by atoms with Gasteiger partial charge in [-0.25, -0.2) is 0 Å². The van der Waals surface area contributed by atoms with Crippen LogP contribution in [0.15, 0.2) is 12.1 Å². The quantitative estimate of drug-likeness (QED) is 0.942. The van der Waals surface area contributed by atoms with E-state index < -0.39 is 0 Å². The second-order valence-corrected chi connectivity index (χ2v) is 5.70. The van der Waals surface area contributed by atoms with Crippen LogP contribution in [0, 0.1) is 6.92 Å². The number of halogens is 1. The zero-order valence-corrected chi connectivity index (χ0v) is 13.1. The van der Waals surface area contributed by atoms with Crippen LogP contribution in [0.2, 0.25) is 5.02 Å². The van der Waals surface area contributed by atoms with E-state index in [2.05, 4.69) is 20.1 Å². The molecule has 0 unspecified atom stereocenters. The van der Waals surface area contributed by atoms with Crippen molar-refractivity contribution >= 4 is 17.3 Å². The van der Waals surface area contributed by atoms with Crippen LogP contribution in [-0.2, 0) is 19.5 Å². The summed E-state index contributed by atoms with van der Waals surface area (Å²) in [6.45, 7) is 3.62. The Morgan fingerprint density at radius 3 is 3.00 bits per heavy atom. The summed E-state index contributed by atoms with van der Waals surface area (Å²) < 4.78 is 7.59. The molecule has 112 valence electrons. The van der Waals surface area contributed by atoms with E-state index in [1.54, 1.807) is 7.11 Å². The molecular formula is C15H19ClN4O. The number of nitrogens with one attached hydrogen (secondary N) is 1. The van der Waals surface area contributed by atoms with E-state index in [-0.39, 0.29) is 0 Å². The lowest BCUT2D eigenvalue weighted by atomic mass is 10.1. The van der Waals surface area contributed by atoms with Crippen molar-refractivity contribution in [2.75, 3.05) is 12.4 Å². The third-order valence-electron chi connectivity index (χ3n) is 3.85. The van der Waals surface area contributed by atoms with E-state index in [0.717, 1.165) is 41.6 Å². The number of aryl methyl sites for hydroxylation is 2. The molecule has 0 aliphatic carbocycles. The molecule has 0 bridgehead atoms. The van der Waals surface area contributed by atoms with Gasteiger partial charge in [-0.1, -0.05) is 11.6 Å². The van der Waals surface area contributed by atoms with Gasteiger partial charge in [0.1, 0.15) is 11.6 Å². The van der Waals surface area contributed by atoms with Crippen LogP contribution in [-0.4, -0.2) is 21.9 Å². The van der Waals surface area contributed by atoms with E-state index in [9.17, 15) is 0 Å². The molecule has 0 saturated heterocycles. The lowest BCUT2D eigenvalue weighted by Crippen LogP contribution is -2.15. The maximum atomic E-state index is 6.12. The van der Waals surface area contributed by atoms with Crippen LogP contribution in [0.4, 0.5) is 5.69 Å². The second kappa shape index (κ2) is 5.93. The van der Waals surface area contributed by atoms with Gasteiger partial charge < -0.3 is 14.6 Å². The van der Waals surface area contributed by atoms with Crippen LogP contribution in [0.1, 0.15) is 30.1 Å². The van der Waals surface area contributed by atoms with Gasteiger partial charge in [-0.15, -0.1) is 10.2 Å². The highest BCUT2D eigenvalue weighted by atomic mass is 35.5. The Hall–Kier alpha value is -1.75. The maximum Gasteiger partial charge on any atom is 0.152 e. The normalized spacial score (nSPS) is 13.9. The van der Waals surface area contributed by atoms with Crippen LogP contribution in [0.5, 0.6) is 5.75 Å². The molecule has 1 aromatic carbocycles. The number of anilines is 1. The Kier molecular flexibility index (Phi) is 4.01. The molecule has 0 saturated carbocycles. The molecule has 0 amide bonds. The second-order valence-electron chi connectivity index (χ2n) is 5.30. The highest BCUT2D eigenvalue weighted by Crippen LogP contribution is 2.31. The summed E-state index contributed by atoms with van der Waals surface area (Å²) in [4.78, 5) is 0. The van der Waals surface area contributed by atoms with Crippen molar-refractivity contribution in [1.82, 2.24) is 14.8 Å². The van der Waals surface area contributed by atoms with Crippen molar-refractivity contribution in [2.45, 2.75) is 39.3 Å². The van der Waals surface area contributed by atoms with Crippen molar-refractivity contribution < 1.29 is 4.74 Å². The minimum Gasteiger partial charge on any atom is -0.495 e. The van der Waals surface area contributed by atoms with Crippen molar-refractivity contribution in [3.63, 3.8) is 0 Å². The van der Waals surface area contributed by atoms with Crippen LogP contribution < -0.4 is 10.1 Å². The van der Waals surface area contributed by atoms with Gasteiger partial charge in [-0.05, 0) is 31.4 Å². The van der Waals surface area contributed by atoms with Crippen molar-refractivity contribution in [3.05, 3.63) is 34.4 Å². The van der Waals surface area contributed by atoms with E-state index in [1.807, 2.05) is 19.1 Å². The Labute approximate surface area is 129 Å². The number of ether oxygens (including phenoxy) is 1. The van der Waals surface area contributed by atoms with Gasteiger partial charge >= 0.3 is 0 Å². The van der Waals surface area contributed by atoms with Crippen molar-refractivity contribution in [2.24, 2.45) is 0 Å². The van der Waals surface area contributed by atoms with Gasteiger partial charge in [-0.3, -0.25) is 0 Å². The first-order valence-electron chi connectivity index (χ1n) is 7.18. The molecule has 3 rings (SSSR count). The predicted octanol–water partition coefficient (Wildman–Crippen LogP) is 3.20. The Balaban J connectivity index is 1.79. The van der Waals surface area contributed by atoms with Gasteiger partial charge in [0.2, 0.25) is 0 Å². The van der Waals surface area contributed by atoms with Gasteiger partial charge in [0.15, 0.2) is 5.82 Å². The number of hydrogen-bond acceptors (Lipinski definition) is 4. The summed E-state index contributed by atoms with van der Waals surface area (Å²) in [7, 11) is 1.64. The Morgan fingerprint density at radius 2 is 2.19 bits per heavy atom. The largest absolute Gasteiger partial charge is 0.495 e. The standard InChI is InChI=1S/C15H19ClN4O/c1-10-7-12(13(21-2)8-11(10)16)17-9-15-19-18-14-5-3-4-6-20(14)15/h7-8,17H,3-6,9H2,1-2H3. The molecule has 6 heteroatoms. The zero-order chi connectivity index (χ0) is 14.8. The minimum absolute atomic E-state index is 0.629. The fraction of sp³-hybridized carbons (Fsp3) is 0.467. The molecule has 1 aromatic heterocycles. The summed E-state index contributed by atoms with van der Waals surface area (Å²) in [5, 5.41) is 12.6. The fourth-order valence-corrected chi connectivity index (χ4v) is 2.80. The smallest absolute Gasteiger partial charge is 0.152 e. The first-order valence-corrected chi connectivity index (χ1v) is 7.56. The summed E-state index contributed by atoms with van der Waals surface area (Å²) in [5.41, 5.74) is 1.94. The van der Waals surface area contributed by atoms with Crippen molar-refractivity contribution in [1.29, 1.82) is 0 Å². The van der Waals surface area contributed by atoms with Crippen LogP contribution >= 0.6 is 11.6 Å². The summed E-state index contributed by atoms with van der Waals surface area (Å²) >= 11 is 6.12. The lowest BCUT2D eigenvalue weighted by molar-refractivity contribution is 0.416. The van der Waals surface area contributed by atoms with E-state index in [0.29, 0.717) is 11.6 Å². The highest BCUT2D eigenvalue weighted by Gasteiger charge is 2.16. The molecule has 1 aliphatic heterocycles. The average Bonchev–Trinajstić information content (AvgIpc) is 2.91. The molecule has 2 aromatic rings. The molecule has 2 heterocycles. The molecule has 0 spiro atoms. The number of aromatic nitrogens is 3. The maximum absolute atomic E-state index is 6.12. The molecule has 0 radical (unpaired) electrons. The van der Waals surface area contributed by atoms with Crippen LogP contribution in [0.25, 0.3) is 0 Å². The molecule has 0 atom stereocenters. The third kappa shape index (κ3) is 2.83. The first-order chi connectivity index (χ1) is 10.2. The zero-order valence-electron chi connectivity index (χ0n) is 12.3. The van der Waals surface area contributed by atoms with E-state index >= 15 is 0 Å². The van der Waals surface area contributed by atoms with E-state index in [4.69, 9.17) is 16.3 Å². The van der Waals surface area contributed by atoms with Crippen LogP contribution in [0.3, 0.4) is 0 Å². The average molecular weight is 307 g/mol. The molecule has 21 heavy (non-hydrogen) atoms. The number of benzene rings is 1. The summed E-state index contributed by atoms with van der Waals surface area (Å²) in [5.74, 6) is 2.81. The van der Waals surface area contributed by atoms with Gasteiger partial charge in [0, 0.05) is 24.1 Å². The van der Waals surface area contributed by atoms with Gasteiger partial charge in [0.05, 0.1) is 19.3 Å². The molecule has 0 fully saturated rings. The lowest BCUT2D eigenvalue weighted by Gasteiger charge is -2.16. The number of hydrogen-bond donors (Lipinski definition) is 1. The minimum atomic E-state index is 0.629. The third-order valence-corrected chi connectivity index (χ3v) is 4.26. The van der Waals surface area contributed by atoms with Gasteiger partial charge in [-0.2, -0.15) is 0 Å². The summed E-state index contributed by atoms with van der Waals surface area (Å²) in [6, 6.07) is 3.83. The van der Waals surface area contributed by atoms with Gasteiger partial charge in [0.25, 0.3) is 0 Å². The topological polar surface area (TPSA) is 52.0 Å². The van der Waals surface area contributed by atoms with E-state index in [1.165, 1.54) is 12.8 Å². The highest BCUT2D eigenvalue weighted by molar-refractivity contribution is 6.31. The molecular weight excluding hydrogens is 288 g/mol. The fourth-order valence-electron chi connectivity index (χ4n) is 2.64. The molecule has 1 aliphatic rings.